The second kappa shape index (κ2) is 13.1. The van der Waals surface area contributed by atoms with Crippen molar-refractivity contribution in [2.75, 3.05) is 5.32 Å². The van der Waals surface area contributed by atoms with Crippen LogP contribution in [0.4, 0.5) is 18.9 Å². The molecule has 11 heteroatoms. The van der Waals surface area contributed by atoms with Crippen LogP contribution in [-0.2, 0) is 26.0 Å². The van der Waals surface area contributed by atoms with Gasteiger partial charge in [-0.3, -0.25) is 4.79 Å². The van der Waals surface area contributed by atoms with E-state index in [-0.39, 0.29) is 35.9 Å². The highest BCUT2D eigenvalue weighted by atomic mass is 19.4. The van der Waals surface area contributed by atoms with Gasteiger partial charge in [0, 0.05) is 11.6 Å². The average molecular weight is 599 g/mol. The number of nitrogens with one attached hydrogen (secondary N) is 1. The van der Waals surface area contributed by atoms with Crippen molar-refractivity contribution in [2.24, 2.45) is 0 Å². The fourth-order valence-corrected chi connectivity index (χ4v) is 4.44. The first-order valence-corrected chi connectivity index (χ1v) is 13.4. The number of rotatable bonds is 10. The maximum Gasteiger partial charge on any atom is 0.435 e. The zero-order valence-electron chi connectivity index (χ0n) is 23.1. The van der Waals surface area contributed by atoms with Gasteiger partial charge in [-0.05, 0) is 41.5 Å². The molecular weight excluding hydrogens is 573 g/mol. The van der Waals surface area contributed by atoms with Crippen molar-refractivity contribution in [3.05, 3.63) is 137 Å². The predicted octanol–water partition coefficient (Wildman–Crippen LogP) is 6.67. The Labute approximate surface area is 250 Å². The molecule has 4 aromatic carbocycles. The summed E-state index contributed by atoms with van der Waals surface area (Å²) < 4.78 is 54.6. The predicted molar refractivity (Wildman–Crippen MR) is 155 cm³/mol. The van der Waals surface area contributed by atoms with E-state index in [1.165, 1.54) is 30.3 Å². The van der Waals surface area contributed by atoms with E-state index in [0.29, 0.717) is 5.75 Å². The van der Waals surface area contributed by atoms with Gasteiger partial charge in [0.25, 0.3) is 5.91 Å². The number of hydrogen-bond donors (Lipinski definition) is 2. The van der Waals surface area contributed by atoms with Gasteiger partial charge in [-0.15, -0.1) is 0 Å². The third-order valence-corrected chi connectivity index (χ3v) is 6.53. The lowest BCUT2D eigenvalue weighted by molar-refractivity contribution is -0.142. The van der Waals surface area contributed by atoms with Crippen LogP contribution in [0.3, 0.4) is 0 Å². The molecule has 0 aliphatic heterocycles. The summed E-state index contributed by atoms with van der Waals surface area (Å²) in [6, 6.07) is 30.9. The highest BCUT2D eigenvalue weighted by Crippen LogP contribution is 2.36. The number of aliphatic hydroxyl groups excluding tert-OH is 1. The Balaban J connectivity index is 1.53. The van der Waals surface area contributed by atoms with E-state index in [9.17, 15) is 28.3 Å². The Bertz CT molecular complexity index is 1800. The lowest BCUT2D eigenvalue weighted by Crippen LogP contribution is -2.19. The van der Waals surface area contributed by atoms with Gasteiger partial charge in [0.1, 0.15) is 30.4 Å². The summed E-state index contributed by atoms with van der Waals surface area (Å²) in [6.07, 6.45) is -4.97. The van der Waals surface area contributed by atoms with E-state index in [2.05, 4.69) is 10.4 Å². The lowest BCUT2D eigenvalue weighted by Gasteiger charge is -2.16. The van der Waals surface area contributed by atoms with Crippen LogP contribution in [0.15, 0.2) is 103 Å². The first kappa shape index (κ1) is 29.9. The molecule has 0 spiro atoms. The summed E-state index contributed by atoms with van der Waals surface area (Å²) in [5.74, 6) is -0.401. The van der Waals surface area contributed by atoms with Gasteiger partial charge in [0.2, 0.25) is 0 Å². The molecule has 0 saturated heterocycles. The molecule has 1 heterocycles. The number of alkyl halides is 3. The molecule has 44 heavy (non-hydrogen) atoms. The molecule has 0 radical (unpaired) electrons. The van der Waals surface area contributed by atoms with Gasteiger partial charge in [0.15, 0.2) is 5.69 Å². The van der Waals surface area contributed by atoms with Gasteiger partial charge >= 0.3 is 6.18 Å². The lowest BCUT2D eigenvalue weighted by atomic mass is 10.1. The first-order chi connectivity index (χ1) is 21.3. The van der Waals surface area contributed by atoms with Gasteiger partial charge in [-0.2, -0.15) is 23.5 Å². The number of aromatic nitrogens is 2. The van der Waals surface area contributed by atoms with Crippen LogP contribution in [0.25, 0.3) is 5.69 Å². The van der Waals surface area contributed by atoms with Crippen molar-refractivity contribution >= 4 is 11.6 Å². The normalized spacial score (nSPS) is 11.1. The van der Waals surface area contributed by atoms with Crippen LogP contribution in [0, 0.1) is 11.3 Å². The van der Waals surface area contributed by atoms with Crippen molar-refractivity contribution in [1.29, 1.82) is 5.26 Å². The minimum atomic E-state index is -4.97. The first-order valence-electron chi connectivity index (χ1n) is 13.4. The van der Waals surface area contributed by atoms with Crippen LogP contribution in [0.1, 0.15) is 38.4 Å². The zero-order chi connectivity index (χ0) is 31.1. The van der Waals surface area contributed by atoms with Crippen LogP contribution >= 0.6 is 0 Å². The molecule has 0 aliphatic rings. The number of nitrogens with zero attached hydrogens (tertiary/aromatic N) is 3. The molecule has 5 aromatic rings. The second-order valence-corrected chi connectivity index (χ2v) is 9.57. The number of amides is 1. The topological polar surface area (TPSA) is 109 Å². The molecule has 0 unspecified atom stereocenters. The van der Waals surface area contributed by atoms with E-state index in [4.69, 9.17) is 9.47 Å². The molecule has 0 atom stereocenters. The second-order valence-electron chi connectivity index (χ2n) is 9.57. The fraction of sp³-hybridized carbons (Fsp3) is 0.121. The smallest absolute Gasteiger partial charge is 0.435 e. The monoisotopic (exact) mass is 598 g/mol. The third kappa shape index (κ3) is 6.88. The highest BCUT2D eigenvalue weighted by Gasteiger charge is 2.40. The largest absolute Gasteiger partial charge is 0.489 e. The molecule has 1 amide bonds. The Morgan fingerprint density at radius 1 is 0.886 bits per heavy atom. The minimum absolute atomic E-state index is 0.0277. The zero-order valence-corrected chi connectivity index (χ0v) is 23.1. The molecule has 1 aromatic heterocycles. The molecule has 8 nitrogen and oxygen atoms in total. The Hall–Kier alpha value is -5.60. The number of nitriles is 1. The van der Waals surface area contributed by atoms with Crippen molar-refractivity contribution in [2.45, 2.75) is 26.0 Å². The van der Waals surface area contributed by atoms with Crippen molar-refractivity contribution in [1.82, 2.24) is 9.78 Å². The summed E-state index contributed by atoms with van der Waals surface area (Å²) in [4.78, 5) is 13.8. The summed E-state index contributed by atoms with van der Waals surface area (Å²) in [7, 11) is 0. The number of ether oxygens (including phenoxy) is 2. The molecule has 5 rings (SSSR count). The van der Waals surface area contributed by atoms with E-state index < -0.39 is 35.6 Å². The number of aliphatic hydroxyl groups is 1. The molecule has 0 aliphatic carbocycles. The van der Waals surface area contributed by atoms with Gasteiger partial charge in [0.05, 0.1) is 29.6 Å². The van der Waals surface area contributed by atoms with Crippen LogP contribution in [0.2, 0.25) is 0 Å². The van der Waals surface area contributed by atoms with Crippen LogP contribution in [-0.4, -0.2) is 20.8 Å². The number of carbonyl (C=O) groups is 1. The van der Waals surface area contributed by atoms with Crippen molar-refractivity contribution in [3.63, 3.8) is 0 Å². The van der Waals surface area contributed by atoms with Crippen LogP contribution < -0.4 is 14.8 Å². The number of anilines is 1. The van der Waals surface area contributed by atoms with Gasteiger partial charge in [-0.25, -0.2) is 4.68 Å². The molecular formula is C33H25F3N4O4. The van der Waals surface area contributed by atoms with Crippen molar-refractivity contribution in [3.8, 4) is 23.3 Å². The SMILES string of the molecule is N#Cc1cccc(-n2nc(C(F)(F)F)c(CO)c2C(=O)Nc2cc(OCc3ccccc3)ccc2OCc2ccccc2)c1. The van der Waals surface area contributed by atoms with Crippen LogP contribution in [0.5, 0.6) is 11.5 Å². The highest BCUT2D eigenvalue weighted by molar-refractivity contribution is 6.05. The van der Waals surface area contributed by atoms with Gasteiger partial charge in [-0.1, -0.05) is 66.7 Å². The number of benzene rings is 4. The maximum absolute atomic E-state index is 14.0. The molecule has 0 bridgehead atoms. The number of carbonyl (C=O) groups excluding carboxylic acids is 1. The minimum Gasteiger partial charge on any atom is -0.489 e. The number of halogens is 3. The van der Waals surface area contributed by atoms with E-state index in [1.807, 2.05) is 66.7 Å². The average Bonchev–Trinajstić information content (AvgIpc) is 3.45. The summed E-state index contributed by atoms with van der Waals surface area (Å²) in [6.45, 7) is -0.746. The van der Waals surface area contributed by atoms with E-state index in [1.54, 1.807) is 12.1 Å². The molecule has 222 valence electrons. The van der Waals surface area contributed by atoms with Gasteiger partial charge < -0.3 is 19.9 Å². The van der Waals surface area contributed by atoms with E-state index >= 15 is 0 Å². The third-order valence-electron chi connectivity index (χ3n) is 6.53. The standard InChI is InChI=1S/C33H25F3N4O4/c34-33(35,36)31-27(19-41)30(40(39-31)25-13-7-12-24(16-25)18-37)32(42)38-28-17-26(43-20-22-8-3-1-4-9-22)14-15-29(28)44-21-23-10-5-2-6-11-23/h1-17,41H,19-21H2,(H,38,42). The molecule has 0 saturated carbocycles. The Morgan fingerprint density at radius 3 is 2.16 bits per heavy atom. The Morgan fingerprint density at radius 2 is 1.55 bits per heavy atom. The fourth-order valence-electron chi connectivity index (χ4n) is 4.44. The van der Waals surface area contributed by atoms with Crippen molar-refractivity contribution < 1.29 is 32.5 Å². The molecule has 0 fully saturated rings. The summed E-state index contributed by atoms with van der Waals surface area (Å²) in [5.41, 5.74) is -0.663. The Kier molecular flexibility index (Phi) is 8.93. The summed E-state index contributed by atoms with van der Waals surface area (Å²) in [5, 5.41) is 25.6. The summed E-state index contributed by atoms with van der Waals surface area (Å²) >= 11 is 0. The molecule has 2 N–H and O–H groups in total. The van der Waals surface area contributed by atoms with E-state index in [0.717, 1.165) is 15.8 Å². The quantitative estimate of drug-likeness (QED) is 0.186. The number of hydrogen-bond acceptors (Lipinski definition) is 6. The maximum atomic E-state index is 14.0.